The molecule has 0 fully saturated rings. The van der Waals surface area contributed by atoms with Crippen LogP contribution in [0.15, 0.2) is 83.0 Å². The molecule has 0 aliphatic carbocycles. The third kappa shape index (κ3) is 34.5. The lowest BCUT2D eigenvalue weighted by molar-refractivity contribution is -0.345. The Morgan fingerprint density at radius 3 is 1.08 bits per heavy atom. The fourth-order valence-electron chi connectivity index (χ4n) is 13.1. The maximum Gasteiger partial charge on any atom is 0.223 e. The Bertz CT molecular complexity index is 2130. The van der Waals surface area contributed by atoms with Crippen molar-refractivity contribution in [3.05, 3.63) is 111 Å². The number of allylic oxidation sites excluding steroid dienone is 6. The van der Waals surface area contributed by atoms with Crippen LogP contribution >= 0.6 is 0 Å². The van der Waals surface area contributed by atoms with E-state index in [1.165, 1.54) is 279 Å². The number of unbranched alkanes of at least 4 members (excludes halogenated alkanes) is 38. The van der Waals surface area contributed by atoms with Gasteiger partial charge in [-0.05, 0) is 120 Å². The van der Waals surface area contributed by atoms with Crippen LogP contribution < -0.4 is 0 Å². The minimum Gasteiger partial charge on any atom is -0.493 e. The highest BCUT2D eigenvalue weighted by Gasteiger charge is 2.37. The fraction of sp³-hybridized carbons (Fsp3) is 0.728. The van der Waals surface area contributed by atoms with E-state index < -0.39 is 0 Å². The van der Waals surface area contributed by atoms with E-state index in [-0.39, 0.29) is 0 Å². The number of benzene rings is 2. The van der Waals surface area contributed by atoms with E-state index in [9.17, 15) is 5.53 Å². The number of aryl methyl sites for hydroxylation is 2. The molecule has 2 aromatic carbocycles. The Morgan fingerprint density at radius 2 is 0.711 bits per heavy atom. The summed E-state index contributed by atoms with van der Waals surface area (Å²) in [4.78, 5) is 0. The molecule has 2 nitrogen and oxygen atoms in total. The highest BCUT2D eigenvalue weighted by molar-refractivity contribution is 5.86. The summed E-state index contributed by atoms with van der Waals surface area (Å²) in [6.45, 7) is 18.7. The molecule has 468 valence electrons. The Labute approximate surface area is 517 Å². The Kier molecular flexibility index (Phi) is 45.1. The molecule has 0 amide bonds. The number of rotatable bonds is 54. The van der Waals surface area contributed by atoms with Crippen LogP contribution in [0.4, 0.5) is 0 Å². The van der Waals surface area contributed by atoms with E-state index in [1.54, 1.807) is 15.8 Å². The summed E-state index contributed by atoms with van der Waals surface area (Å²) < 4.78 is 1.60. The summed E-state index contributed by atoms with van der Waals surface area (Å²) in [5.74, 6) is 8.44. The minimum atomic E-state index is 0.494. The molecule has 0 bridgehead atoms. The van der Waals surface area contributed by atoms with Crippen molar-refractivity contribution >= 4 is 11.4 Å². The molecule has 83 heavy (non-hydrogen) atoms. The van der Waals surface area contributed by atoms with Crippen molar-refractivity contribution in [2.45, 2.75) is 370 Å². The molecule has 2 atom stereocenters. The third-order valence-corrected chi connectivity index (χ3v) is 18.4. The molecule has 1 aliphatic heterocycles. The largest absolute Gasteiger partial charge is 0.493 e. The van der Waals surface area contributed by atoms with Crippen LogP contribution in [0.25, 0.3) is 16.9 Å². The average molecular weight is 1140 g/mol. The van der Waals surface area contributed by atoms with Crippen molar-refractivity contribution in [1.29, 1.82) is 0 Å². The molecule has 0 N–H and O–H groups in total. The van der Waals surface area contributed by atoms with Gasteiger partial charge in [0.2, 0.25) is 11.4 Å². The van der Waals surface area contributed by atoms with Crippen LogP contribution in [-0.2, 0) is 12.8 Å². The normalized spacial score (nSPS) is 13.9. The van der Waals surface area contributed by atoms with E-state index >= 15 is 0 Å². The first-order chi connectivity index (χ1) is 40.7. The van der Waals surface area contributed by atoms with E-state index in [4.69, 9.17) is 0 Å². The topological polar surface area (TPSA) is 25.3 Å². The molecule has 0 radical (unpaired) electrons. The standard InChI is InChI=1S/C81H134N2/c1-9-13-17-20-23-25-27-29-31-33-35-37-39-41-43-45-49-56-70(5)68-72(7)64-66-74-58-52-54-60-76(74)80-78(62-48-16-12-4)79(63-51-47-22-19-15-11-3)81(83(80)82)77-61-55-53-59-75(77)67-65-73(8)69-71(6)57-50-46-44-42-40-38-36-34-32-30-28-26-24-21-18-14-10-2/h52-55,58-61,68-69,72-73H,9-50,56-57,62,64-67H2,1-8H3. The van der Waals surface area contributed by atoms with Crippen molar-refractivity contribution in [1.82, 2.24) is 0 Å². The maximum absolute atomic E-state index is 12.9. The van der Waals surface area contributed by atoms with Gasteiger partial charge in [0.05, 0.1) is 5.56 Å². The quantitative estimate of drug-likeness (QED) is 0.0273. The van der Waals surface area contributed by atoms with Gasteiger partial charge in [-0.3, -0.25) is 0 Å². The van der Waals surface area contributed by atoms with E-state index in [2.05, 4.69) is 128 Å². The second-order valence-corrected chi connectivity index (χ2v) is 26.6. The van der Waals surface area contributed by atoms with Crippen molar-refractivity contribution in [2.24, 2.45) is 11.8 Å². The maximum atomic E-state index is 12.9. The zero-order valence-corrected chi connectivity index (χ0v) is 56.5. The summed E-state index contributed by atoms with van der Waals surface area (Å²) in [5, 5.41) is 0. The third-order valence-electron chi connectivity index (χ3n) is 18.4. The minimum absolute atomic E-state index is 0.494. The van der Waals surface area contributed by atoms with Gasteiger partial charge < -0.3 is 5.53 Å². The molecule has 0 saturated carbocycles. The molecule has 3 rings (SSSR count). The van der Waals surface area contributed by atoms with Crippen molar-refractivity contribution < 1.29 is 4.70 Å². The molecular formula is C81H134N2. The van der Waals surface area contributed by atoms with E-state index in [1.807, 2.05) is 0 Å². The first-order valence-corrected chi connectivity index (χ1v) is 36.7. The number of nitrogens with zero attached hydrogens (tertiary/aromatic N) is 2. The predicted octanol–water partition coefficient (Wildman–Crippen LogP) is 27.5. The number of hydrogen-bond acceptors (Lipinski definition) is 0. The molecule has 0 saturated heterocycles. The Balaban J connectivity index is 1.59. The monoisotopic (exact) mass is 1140 g/mol. The number of hydrogen-bond donors (Lipinski definition) is 0. The molecule has 2 heteroatoms. The van der Waals surface area contributed by atoms with Gasteiger partial charge >= 0.3 is 0 Å². The van der Waals surface area contributed by atoms with Gasteiger partial charge in [0, 0.05) is 17.6 Å². The van der Waals surface area contributed by atoms with Gasteiger partial charge in [0.25, 0.3) is 0 Å². The highest BCUT2D eigenvalue weighted by atomic mass is 15.2. The zero-order valence-electron chi connectivity index (χ0n) is 56.5. The first-order valence-electron chi connectivity index (χ1n) is 36.7. The van der Waals surface area contributed by atoms with Crippen LogP contribution in [0.1, 0.15) is 379 Å². The zero-order chi connectivity index (χ0) is 59.6. The Hall–Kier alpha value is -3.44. The van der Waals surface area contributed by atoms with Crippen LogP contribution in [0.5, 0.6) is 0 Å². The molecule has 0 aromatic heterocycles. The molecule has 0 spiro atoms. The van der Waals surface area contributed by atoms with Crippen molar-refractivity contribution in [3.63, 3.8) is 0 Å². The van der Waals surface area contributed by atoms with Crippen LogP contribution in [-0.4, -0.2) is 4.70 Å². The lowest BCUT2D eigenvalue weighted by atomic mass is 9.90. The average Bonchev–Trinajstić information content (AvgIpc) is 3.85. The predicted molar refractivity (Wildman–Crippen MR) is 371 cm³/mol. The lowest BCUT2D eigenvalue weighted by Crippen LogP contribution is -2.08. The van der Waals surface area contributed by atoms with Gasteiger partial charge in [-0.2, -0.15) is 0 Å². The van der Waals surface area contributed by atoms with Crippen LogP contribution in [0.2, 0.25) is 0 Å². The lowest BCUT2D eigenvalue weighted by Gasteiger charge is -2.16. The molecule has 1 heterocycles. The molecule has 2 unspecified atom stereocenters. The second-order valence-electron chi connectivity index (χ2n) is 26.6. The van der Waals surface area contributed by atoms with Gasteiger partial charge in [0.1, 0.15) is 5.57 Å². The van der Waals surface area contributed by atoms with E-state index in [0.717, 1.165) is 80.3 Å². The second kappa shape index (κ2) is 50.7. The smallest absolute Gasteiger partial charge is 0.223 e. The summed E-state index contributed by atoms with van der Waals surface area (Å²) in [6, 6.07) is 17.9. The molecule has 1 aliphatic rings. The summed E-state index contributed by atoms with van der Waals surface area (Å²) in [5.41, 5.74) is 25.1. The summed E-state index contributed by atoms with van der Waals surface area (Å²) in [7, 11) is 0. The van der Waals surface area contributed by atoms with Gasteiger partial charge in [-0.25, -0.2) is 4.70 Å². The van der Waals surface area contributed by atoms with Gasteiger partial charge in [-0.1, -0.05) is 351 Å². The molecule has 2 aromatic rings. The Morgan fingerprint density at radius 1 is 0.398 bits per heavy atom. The van der Waals surface area contributed by atoms with E-state index in [0.29, 0.717) is 11.8 Å². The van der Waals surface area contributed by atoms with Crippen LogP contribution in [0.3, 0.4) is 0 Å². The van der Waals surface area contributed by atoms with Crippen molar-refractivity contribution in [2.75, 3.05) is 0 Å². The van der Waals surface area contributed by atoms with Crippen LogP contribution in [0, 0.1) is 23.7 Å². The SMILES string of the molecule is CCCCCCC#CC1=C(c2ccccc2CCC(C)C=C(C)CCCCCCCCCCCCCCCCCCC)[N+](=[N-])C(c2ccccc2CCC(C)C=C(C)CCCCCCCCCCCCCCCCCCC)=C1CCCCC. The van der Waals surface area contributed by atoms with Gasteiger partial charge in [-0.15, -0.1) is 0 Å². The van der Waals surface area contributed by atoms with Gasteiger partial charge in [0.15, 0.2) is 0 Å². The van der Waals surface area contributed by atoms with Crippen molar-refractivity contribution in [3.8, 4) is 11.8 Å². The first kappa shape index (κ1) is 73.8. The molecular weight excluding hydrogens is 1000 g/mol. The summed E-state index contributed by atoms with van der Waals surface area (Å²) >= 11 is 0. The summed E-state index contributed by atoms with van der Waals surface area (Å²) in [6.07, 6.45) is 70.1. The highest BCUT2D eigenvalue weighted by Crippen LogP contribution is 2.44. The fourth-order valence-corrected chi connectivity index (χ4v) is 13.1.